The number of aliphatic imine (C=N–C) groups is 1. The molecule has 8 heteroatoms. The summed E-state index contributed by atoms with van der Waals surface area (Å²) in [6, 6.07) is 4.24. The van der Waals surface area contributed by atoms with E-state index in [0.29, 0.717) is 12.5 Å². The number of methoxy groups -OCH3 is 1. The lowest BCUT2D eigenvalue weighted by Crippen LogP contribution is -2.45. The second kappa shape index (κ2) is 11.9. The third-order valence-corrected chi connectivity index (χ3v) is 5.29. The topological polar surface area (TPSA) is 62.2 Å². The molecular formula is C21H36IN5O2. The first-order valence-electron chi connectivity index (χ1n) is 10.5. The van der Waals surface area contributed by atoms with Crippen LogP contribution < -0.4 is 10.2 Å². The first-order valence-corrected chi connectivity index (χ1v) is 10.5. The van der Waals surface area contributed by atoms with Crippen molar-refractivity contribution in [1.82, 2.24) is 15.2 Å². The number of ether oxygens (including phenoxy) is 2. The van der Waals surface area contributed by atoms with Gasteiger partial charge in [0.05, 0.1) is 25.4 Å². The summed E-state index contributed by atoms with van der Waals surface area (Å²) >= 11 is 0. The molecule has 3 rings (SSSR count). The Morgan fingerprint density at radius 1 is 1.28 bits per heavy atom. The number of hydrogen-bond donors (Lipinski definition) is 1. The van der Waals surface area contributed by atoms with Crippen LogP contribution in [0.4, 0.5) is 5.82 Å². The van der Waals surface area contributed by atoms with E-state index in [1.807, 2.05) is 6.20 Å². The molecule has 0 radical (unpaired) electrons. The van der Waals surface area contributed by atoms with Crippen LogP contribution in [0.2, 0.25) is 0 Å². The molecule has 0 aliphatic carbocycles. The Morgan fingerprint density at radius 2 is 2.03 bits per heavy atom. The predicted octanol–water partition coefficient (Wildman–Crippen LogP) is 2.75. The second-order valence-electron chi connectivity index (χ2n) is 7.91. The maximum absolute atomic E-state index is 5.81. The second-order valence-corrected chi connectivity index (χ2v) is 7.91. The average Bonchev–Trinajstić information content (AvgIpc) is 3.13. The van der Waals surface area contributed by atoms with Crippen molar-refractivity contribution in [2.24, 2.45) is 10.9 Å². The number of guanidine groups is 1. The van der Waals surface area contributed by atoms with E-state index in [4.69, 9.17) is 14.5 Å². The first kappa shape index (κ1) is 24.1. The van der Waals surface area contributed by atoms with E-state index in [1.165, 1.54) is 0 Å². The van der Waals surface area contributed by atoms with Gasteiger partial charge in [-0.3, -0.25) is 0 Å². The summed E-state index contributed by atoms with van der Waals surface area (Å²) in [4.78, 5) is 14.2. The number of likely N-dealkylation sites (tertiary alicyclic amines) is 1. The minimum atomic E-state index is 0. The summed E-state index contributed by atoms with van der Waals surface area (Å²) in [5.41, 5.74) is 1.13. The van der Waals surface area contributed by atoms with Crippen LogP contribution in [0.15, 0.2) is 23.3 Å². The minimum Gasteiger partial charge on any atom is -0.384 e. The van der Waals surface area contributed by atoms with Crippen LogP contribution in [0.1, 0.15) is 32.8 Å². The Balaban J connectivity index is 0.00000300. The fourth-order valence-electron chi connectivity index (χ4n) is 4.05. The minimum absolute atomic E-state index is 0. The maximum atomic E-state index is 5.81. The fourth-order valence-corrected chi connectivity index (χ4v) is 4.05. The summed E-state index contributed by atoms with van der Waals surface area (Å²) in [7, 11) is 1.77. The smallest absolute Gasteiger partial charge is 0.194 e. The van der Waals surface area contributed by atoms with Crippen molar-refractivity contribution in [3.8, 4) is 0 Å². The molecule has 164 valence electrons. The number of hydrogen-bond acceptors (Lipinski definition) is 5. The quantitative estimate of drug-likeness (QED) is 0.356. The Kier molecular flexibility index (Phi) is 9.91. The molecule has 0 bridgehead atoms. The molecule has 3 heterocycles. The van der Waals surface area contributed by atoms with Crippen molar-refractivity contribution in [2.45, 2.75) is 45.9 Å². The molecule has 2 aliphatic heterocycles. The number of morpholine rings is 1. The summed E-state index contributed by atoms with van der Waals surface area (Å²) in [6.45, 7) is 12.5. The van der Waals surface area contributed by atoms with Gasteiger partial charge in [-0.25, -0.2) is 9.98 Å². The van der Waals surface area contributed by atoms with Crippen LogP contribution >= 0.6 is 24.0 Å². The van der Waals surface area contributed by atoms with Gasteiger partial charge in [-0.05, 0) is 38.8 Å². The zero-order chi connectivity index (χ0) is 19.9. The largest absolute Gasteiger partial charge is 0.384 e. The van der Waals surface area contributed by atoms with Gasteiger partial charge >= 0.3 is 0 Å². The van der Waals surface area contributed by atoms with Gasteiger partial charge in [0.2, 0.25) is 0 Å². The molecule has 0 aromatic carbocycles. The van der Waals surface area contributed by atoms with Gasteiger partial charge in [0.15, 0.2) is 5.96 Å². The van der Waals surface area contributed by atoms with Crippen molar-refractivity contribution in [3.05, 3.63) is 23.9 Å². The van der Waals surface area contributed by atoms with E-state index in [1.54, 1.807) is 7.11 Å². The lowest BCUT2D eigenvalue weighted by molar-refractivity contribution is -0.00545. The fraction of sp³-hybridized carbons (Fsp3) is 0.714. The van der Waals surface area contributed by atoms with Gasteiger partial charge in [-0.1, -0.05) is 6.07 Å². The van der Waals surface area contributed by atoms with E-state index < -0.39 is 0 Å². The van der Waals surface area contributed by atoms with E-state index in [0.717, 1.165) is 63.1 Å². The molecule has 29 heavy (non-hydrogen) atoms. The Labute approximate surface area is 192 Å². The predicted molar refractivity (Wildman–Crippen MR) is 128 cm³/mol. The summed E-state index contributed by atoms with van der Waals surface area (Å²) in [5, 5.41) is 3.42. The first-order chi connectivity index (χ1) is 13.6. The van der Waals surface area contributed by atoms with Gasteiger partial charge in [-0.2, -0.15) is 0 Å². The Hall–Kier alpha value is -1.13. The lowest BCUT2D eigenvalue weighted by Gasteiger charge is -2.36. The average molecular weight is 517 g/mol. The highest BCUT2D eigenvalue weighted by molar-refractivity contribution is 14.0. The van der Waals surface area contributed by atoms with Gasteiger partial charge in [-0.15, -0.1) is 24.0 Å². The number of aromatic nitrogens is 1. The highest BCUT2D eigenvalue weighted by atomic mass is 127. The molecule has 0 amide bonds. The number of anilines is 1. The molecule has 7 nitrogen and oxygen atoms in total. The van der Waals surface area contributed by atoms with E-state index in [-0.39, 0.29) is 36.2 Å². The molecule has 1 aromatic heterocycles. The molecule has 2 fully saturated rings. The third-order valence-electron chi connectivity index (χ3n) is 5.29. The van der Waals surface area contributed by atoms with Crippen molar-refractivity contribution in [3.63, 3.8) is 0 Å². The van der Waals surface area contributed by atoms with Crippen LogP contribution in [-0.4, -0.2) is 74.5 Å². The molecule has 0 spiro atoms. The molecule has 3 atom stereocenters. The Morgan fingerprint density at radius 3 is 2.66 bits per heavy atom. The van der Waals surface area contributed by atoms with Crippen molar-refractivity contribution in [2.75, 3.05) is 51.3 Å². The summed E-state index contributed by atoms with van der Waals surface area (Å²) in [5.74, 6) is 2.60. The maximum Gasteiger partial charge on any atom is 0.194 e. The van der Waals surface area contributed by atoms with Gasteiger partial charge in [0, 0.05) is 51.9 Å². The third kappa shape index (κ3) is 6.96. The van der Waals surface area contributed by atoms with Crippen LogP contribution in [-0.2, 0) is 16.0 Å². The van der Waals surface area contributed by atoms with Gasteiger partial charge < -0.3 is 24.6 Å². The SMILES string of the molecule is CCNC(=NCc1ccc(N2CC(C)OC(C)C2)nc1)N1CCC(COC)C1.I. The number of rotatable bonds is 6. The normalized spacial score (nSPS) is 25.1. The number of nitrogens with zero attached hydrogens (tertiary/aromatic N) is 4. The molecule has 3 unspecified atom stereocenters. The van der Waals surface area contributed by atoms with Crippen LogP contribution in [0.3, 0.4) is 0 Å². The summed E-state index contributed by atoms with van der Waals surface area (Å²) < 4.78 is 11.1. The molecule has 0 saturated carbocycles. The van der Waals surface area contributed by atoms with Gasteiger partial charge in [0.25, 0.3) is 0 Å². The Bertz CT molecular complexity index is 632. The number of pyridine rings is 1. The monoisotopic (exact) mass is 517 g/mol. The highest BCUT2D eigenvalue weighted by Crippen LogP contribution is 2.19. The van der Waals surface area contributed by atoms with Crippen LogP contribution in [0.5, 0.6) is 0 Å². The van der Waals surface area contributed by atoms with Crippen LogP contribution in [0, 0.1) is 5.92 Å². The van der Waals surface area contributed by atoms with E-state index in [9.17, 15) is 0 Å². The molecule has 1 aromatic rings. The van der Waals surface area contributed by atoms with Gasteiger partial charge in [0.1, 0.15) is 5.82 Å². The molecular weight excluding hydrogens is 481 g/mol. The zero-order valence-corrected chi connectivity index (χ0v) is 20.5. The number of halogens is 1. The molecule has 2 aliphatic rings. The lowest BCUT2D eigenvalue weighted by atomic mass is 10.1. The molecule has 1 N–H and O–H groups in total. The zero-order valence-electron chi connectivity index (χ0n) is 18.1. The van der Waals surface area contributed by atoms with Crippen molar-refractivity contribution in [1.29, 1.82) is 0 Å². The van der Waals surface area contributed by atoms with Crippen molar-refractivity contribution >= 4 is 35.8 Å². The summed E-state index contributed by atoms with van der Waals surface area (Å²) in [6.07, 6.45) is 3.58. The van der Waals surface area contributed by atoms with E-state index in [2.05, 4.69) is 53.0 Å². The molecule has 2 saturated heterocycles. The van der Waals surface area contributed by atoms with Crippen LogP contribution in [0.25, 0.3) is 0 Å². The number of nitrogens with one attached hydrogen (secondary N) is 1. The van der Waals surface area contributed by atoms with E-state index >= 15 is 0 Å². The standard InChI is InChI=1S/C21H35N5O2.HI/c1-5-22-21(25-9-8-19(14-25)15-27-4)24-11-18-6-7-20(23-10-18)26-12-16(2)28-17(3)13-26;/h6-7,10,16-17,19H,5,8-9,11-15H2,1-4H3,(H,22,24);1H. The van der Waals surface area contributed by atoms with Crippen molar-refractivity contribution < 1.29 is 9.47 Å². The highest BCUT2D eigenvalue weighted by Gasteiger charge is 2.25.